The van der Waals surface area contributed by atoms with Crippen LogP contribution in [-0.4, -0.2) is 25.0 Å². The van der Waals surface area contributed by atoms with Crippen molar-refractivity contribution in [3.63, 3.8) is 0 Å². The molecule has 20 heavy (non-hydrogen) atoms. The molecule has 0 saturated heterocycles. The van der Waals surface area contributed by atoms with E-state index in [9.17, 15) is 4.79 Å². The molecule has 0 heterocycles. The fourth-order valence-corrected chi connectivity index (χ4v) is 2.14. The van der Waals surface area contributed by atoms with Gasteiger partial charge in [-0.2, -0.15) is 0 Å². The molecule has 0 radical (unpaired) electrons. The highest BCUT2D eigenvalue weighted by Gasteiger charge is 2.21. The lowest BCUT2D eigenvalue weighted by molar-refractivity contribution is 0.0739. The third kappa shape index (κ3) is 2.82. The van der Waals surface area contributed by atoms with Gasteiger partial charge in [0.2, 0.25) is 0 Å². The SMILES string of the molecule is COc1ccccc1C(=O)N(C)C(C)c1ccccc1. The van der Waals surface area contributed by atoms with Gasteiger partial charge in [0, 0.05) is 7.05 Å². The Bertz CT molecular complexity index is 581. The highest BCUT2D eigenvalue weighted by molar-refractivity contribution is 5.97. The van der Waals surface area contributed by atoms with Crippen molar-refractivity contribution in [1.82, 2.24) is 4.90 Å². The number of amides is 1. The Balaban J connectivity index is 2.24. The molecule has 3 heteroatoms. The van der Waals surface area contributed by atoms with Crippen LogP contribution in [0.1, 0.15) is 28.9 Å². The van der Waals surface area contributed by atoms with Crippen molar-refractivity contribution in [2.45, 2.75) is 13.0 Å². The molecular weight excluding hydrogens is 250 g/mol. The van der Waals surface area contributed by atoms with Crippen LogP contribution in [0.2, 0.25) is 0 Å². The zero-order valence-corrected chi connectivity index (χ0v) is 12.0. The molecular formula is C17H19NO2. The molecule has 0 aliphatic carbocycles. The summed E-state index contributed by atoms with van der Waals surface area (Å²) in [4.78, 5) is 14.3. The molecule has 2 rings (SSSR count). The first-order valence-corrected chi connectivity index (χ1v) is 6.60. The number of methoxy groups -OCH3 is 1. The Morgan fingerprint density at radius 1 is 1.05 bits per heavy atom. The van der Waals surface area contributed by atoms with E-state index in [0.717, 1.165) is 5.56 Å². The summed E-state index contributed by atoms with van der Waals surface area (Å²) < 4.78 is 5.25. The Labute approximate surface area is 119 Å². The van der Waals surface area contributed by atoms with Gasteiger partial charge in [-0.15, -0.1) is 0 Å². The summed E-state index contributed by atoms with van der Waals surface area (Å²) in [6.45, 7) is 2.02. The van der Waals surface area contributed by atoms with Crippen molar-refractivity contribution in [1.29, 1.82) is 0 Å². The third-order valence-corrected chi connectivity index (χ3v) is 3.52. The summed E-state index contributed by atoms with van der Waals surface area (Å²) in [5, 5.41) is 0. The summed E-state index contributed by atoms with van der Waals surface area (Å²) in [6.07, 6.45) is 0. The van der Waals surface area contributed by atoms with E-state index in [1.165, 1.54) is 0 Å². The average Bonchev–Trinajstić information content (AvgIpc) is 2.53. The molecule has 0 fully saturated rings. The molecule has 1 amide bonds. The Morgan fingerprint density at radius 2 is 1.65 bits per heavy atom. The fourth-order valence-electron chi connectivity index (χ4n) is 2.14. The third-order valence-electron chi connectivity index (χ3n) is 3.52. The van der Waals surface area contributed by atoms with Crippen molar-refractivity contribution >= 4 is 5.91 Å². The van der Waals surface area contributed by atoms with Crippen LogP contribution in [0.15, 0.2) is 54.6 Å². The minimum absolute atomic E-state index is 0.00797. The van der Waals surface area contributed by atoms with Crippen LogP contribution in [0.3, 0.4) is 0 Å². The monoisotopic (exact) mass is 269 g/mol. The minimum atomic E-state index is -0.0428. The van der Waals surface area contributed by atoms with Crippen LogP contribution in [-0.2, 0) is 0 Å². The van der Waals surface area contributed by atoms with Crippen molar-refractivity contribution < 1.29 is 9.53 Å². The van der Waals surface area contributed by atoms with Gasteiger partial charge < -0.3 is 9.64 Å². The van der Waals surface area contributed by atoms with E-state index in [2.05, 4.69) is 0 Å². The Kier molecular flexibility index (Phi) is 4.41. The van der Waals surface area contributed by atoms with E-state index < -0.39 is 0 Å². The summed E-state index contributed by atoms with van der Waals surface area (Å²) in [5.41, 5.74) is 1.69. The molecule has 1 unspecified atom stereocenters. The lowest BCUT2D eigenvalue weighted by Gasteiger charge is -2.26. The maximum atomic E-state index is 12.6. The van der Waals surface area contributed by atoms with Gasteiger partial charge in [-0.25, -0.2) is 0 Å². The molecule has 0 aliphatic heterocycles. The summed E-state index contributed by atoms with van der Waals surface area (Å²) in [7, 11) is 3.39. The molecule has 2 aromatic carbocycles. The molecule has 0 N–H and O–H groups in total. The maximum absolute atomic E-state index is 12.6. The molecule has 0 aliphatic rings. The van der Waals surface area contributed by atoms with Gasteiger partial charge in [-0.05, 0) is 24.6 Å². The number of carbonyl (C=O) groups excluding carboxylic acids is 1. The fraction of sp³-hybridized carbons (Fsp3) is 0.235. The van der Waals surface area contributed by atoms with Crippen LogP contribution >= 0.6 is 0 Å². The molecule has 3 nitrogen and oxygen atoms in total. The molecule has 0 bridgehead atoms. The summed E-state index contributed by atoms with van der Waals surface area (Å²) in [5.74, 6) is 0.559. The second-order valence-electron chi connectivity index (χ2n) is 4.70. The molecule has 0 saturated carbocycles. The van der Waals surface area contributed by atoms with Gasteiger partial charge in [0.15, 0.2) is 0 Å². The second kappa shape index (κ2) is 6.24. The normalized spacial score (nSPS) is 11.8. The van der Waals surface area contributed by atoms with Crippen LogP contribution in [0.25, 0.3) is 0 Å². The molecule has 2 aromatic rings. The summed E-state index contributed by atoms with van der Waals surface area (Å²) >= 11 is 0. The molecule has 0 aromatic heterocycles. The van der Waals surface area contributed by atoms with Crippen molar-refractivity contribution in [3.8, 4) is 5.75 Å². The van der Waals surface area contributed by atoms with Crippen LogP contribution in [0.4, 0.5) is 0 Å². The van der Waals surface area contributed by atoms with Gasteiger partial charge >= 0.3 is 0 Å². The molecule has 0 spiro atoms. The van der Waals surface area contributed by atoms with Crippen molar-refractivity contribution in [2.75, 3.05) is 14.2 Å². The first-order valence-electron chi connectivity index (χ1n) is 6.60. The lowest BCUT2D eigenvalue weighted by Crippen LogP contribution is -2.29. The highest BCUT2D eigenvalue weighted by Crippen LogP contribution is 2.24. The zero-order chi connectivity index (χ0) is 14.5. The predicted octanol–water partition coefficient (Wildman–Crippen LogP) is 3.53. The zero-order valence-electron chi connectivity index (χ0n) is 12.0. The topological polar surface area (TPSA) is 29.5 Å². The number of carbonyl (C=O) groups is 1. The largest absolute Gasteiger partial charge is 0.496 e. The Morgan fingerprint density at radius 3 is 2.30 bits per heavy atom. The number of para-hydroxylation sites is 1. The van der Waals surface area contributed by atoms with E-state index in [-0.39, 0.29) is 11.9 Å². The average molecular weight is 269 g/mol. The maximum Gasteiger partial charge on any atom is 0.257 e. The second-order valence-corrected chi connectivity index (χ2v) is 4.70. The van der Waals surface area contributed by atoms with E-state index in [4.69, 9.17) is 4.74 Å². The summed E-state index contributed by atoms with van der Waals surface area (Å²) in [6, 6.07) is 17.3. The number of hydrogen-bond acceptors (Lipinski definition) is 2. The number of rotatable bonds is 4. The van der Waals surface area contributed by atoms with Gasteiger partial charge in [-0.3, -0.25) is 4.79 Å². The number of nitrogens with zero attached hydrogens (tertiary/aromatic N) is 1. The van der Waals surface area contributed by atoms with Gasteiger partial charge in [0.25, 0.3) is 5.91 Å². The van der Waals surface area contributed by atoms with E-state index >= 15 is 0 Å². The first-order chi connectivity index (χ1) is 9.65. The molecule has 104 valence electrons. The Hall–Kier alpha value is -2.29. The van der Waals surface area contributed by atoms with Crippen molar-refractivity contribution in [3.05, 3.63) is 65.7 Å². The highest BCUT2D eigenvalue weighted by atomic mass is 16.5. The van der Waals surface area contributed by atoms with Gasteiger partial charge in [0.1, 0.15) is 5.75 Å². The number of benzene rings is 2. The first kappa shape index (κ1) is 14.1. The number of ether oxygens (including phenoxy) is 1. The van der Waals surface area contributed by atoms with Gasteiger partial charge in [-0.1, -0.05) is 42.5 Å². The smallest absolute Gasteiger partial charge is 0.257 e. The van der Waals surface area contributed by atoms with E-state index in [1.807, 2.05) is 56.4 Å². The van der Waals surface area contributed by atoms with E-state index in [1.54, 1.807) is 24.1 Å². The minimum Gasteiger partial charge on any atom is -0.496 e. The predicted molar refractivity (Wildman–Crippen MR) is 79.9 cm³/mol. The van der Waals surface area contributed by atoms with Gasteiger partial charge in [0.05, 0.1) is 18.7 Å². The van der Waals surface area contributed by atoms with E-state index in [0.29, 0.717) is 11.3 Å². The standard InChI is InChI=1S/C17H19NO2/c1-13(14-9-5-4-6-10-14)18(2)17(19)15-11-7-8-12-16(15)20-3/h4-13H,1-3H3. The van der Waals surface area contributed by atoms with Crippen LogP contribution in [0, 0.1) is 0 Å². The number of hydrogen-bond donors (Lipinski definition) is 0. The quantitative estimate of drug-likeness (QED) is 0.849. The van der Waals surface area contributed by atoms with Crippen molar-refractivity contribution in [2.24, 2.45) is 0 Å². The van der Waals surface area contributed by atoms with Crippen LogP contribution < -0.4 is 4.74 Å². The molecule has 1 atom stereocenters. The lowest BCUT2D eigenvalue weighted by atomic mass is 10.1. The van der Waals surface area contributed by atoms with Crippen LogP contribution in [0.5, 0.6) is 5.75 Å².